The smallest absolute Gasteiger partial charge is 0.227 e. The van der Waals surface area contributed by atoms with E-state index in [1.807, 2.05) is 42.5 Å². The first-order valence-electron chi connectivity index (χ1n) is 8.56. The second-order valence-corrected chi connectivity index (χ2v) is 7.42. The molecular formula is C20H20N2OS. The average Bonchev–Trinajstić information content (AvgIpc) is 3.07. The largest absolute Gasteiger partial charge is 0.326 e. The van der Waals surface area contributed by atoms with Crippen LogP contribution in [0.5, 0.6) is 0 Å². The molecule has 1 amide bonds. The van der Waals surface area contributed by atoms with Gasteiger partial charge in [0.15, 0.2) is 0 Å². The summed E-state index contributed by atoms with van der Waals surface area (Å²) in [6.45, 7) is 0. The van der Waals surface area contributed by atoms with E-state index in [1.165, 1.54) is 24.0 Å². The van der Waals surface area contributed by atoms with Crippen LogP contribution in [0.1, 0.15) is 32.1 Å². The number of thiazole rings is 1. The predicted octanol–water partition coefficient (Wildman–Crippen LogP) is 5.48. The molecule has 4 rings (SSSR count). The van der Waals surface area contributed by atoms with Gasteiger partial charge in [0.2, 0.25) is 5.91 Å². The summed E-state index contributed by atoms with van der Waals surface area (Å²) in [7, 11) is 0. The second-order valence-electron chi connectivity index (χ2n) is 6.39. The standard InChI is InChI=1S/C20H20N2OS/c23-19(14-6-2-1-3-7-14)21-16-12-10-15(11-13-16)20-22-17-8-4-5-9-18(17)24-20/h4-5,8-14H,1-3,6-7H2,(H,21,23). The Morgan fingerprint density at radius 2 is 1.75 bits per heavy atom. The van der Waals surface area contributed by atoms with Crippen LogP contribution >= 0.6 is 11.3 Å². The van der Waals surface area contributed by atoms with Crippen molar-refractivity contribution in [2.75, 3.05) is 5.32 Å². The highest BCUT2D eigenvalue weighted by atomic mass is 32.1. The Morgan fingerprint density at radius 1 is 1.00 bits per heavy atom. The quantitative estimate of drug-likeness (QED) is 0.688. The van der Waals surface area contributed by atoms with Crippen molar-refractivity contribution >= 4 is 33.1 Å². The van der Waals surface area contributed by atoms with Crippen LogP contribution in [-0.2, 0) is 4.79 Å². The Morgan fingerprint density at radius 3 is 2.50 bits per heavy atom. The third-order valence-corrected chi connectivity index (χ3v) is 5.75. The number of fused-ring (bicyclic) bond motifs is 1. The summed E-state index contributed by atoms with van der Waals surface area (Å²) in [4.78, 5) is 17.0. The molecule has 1 N–H and O–H groups in total. The third-order valence-electron chi connectivity index (χ3n) is 4.67. The molecule has 24 heavy (non-hydrogen) atoms. The van der Waals surface area contributed by atoms with Crippen molar-refractivity contribution in [1.29, 1.82) is 0 Å². The van der Waals surface area contributed by atoms with Crippen molar-refractivity contribution in [3.8, 4) is 10.6 Å². The van der Waals surface area contributed by atoms with Crippen molar-refractivity contribution in [2.24, 2.45) is 5.92 Å². The van der Waals surface area contributed by atoms with Gasteiger partial charge in [-0.05, 0) is 49.2 Å². The van der Waals surface area contributed by atoms with E-state index in [2.05, 4.69) is 16.4 Å². The summed E-state index contributed by atoms with van der Waals surface area (Å²) in [5, 5.41) is 4.08. The number of carbonyl (C=O) groups is 1. The zero-order chi connectivity index (χ0) is 16.4. The van der Waals surface area contributed by atoms with Gasteiger partial charge in [-0.25, -0.2) is 4.98 Å². The van der Waals surface area contributed by atoms with Gasteiger partial charge >= 0.3 is 0 Å². The number of aromatic nitrogens is 1. The number of hydrogen-bond acceptors (Lipinski definition) is 3. The molecule has 0 aliphatic heterocycles. The molecule has 1 fully saturated rings. The van der Waals surface area contributed by atoms with E-state index in [0.717, 1.165) is 34.6 Å². The summed E-state index contributed by atoms with van der Waals surface area (Å²) < 4.78 is 1.20. The Hall–Kier alpha value is -2.20. The topological polar surface area (TPSA) is 42.0 Å². The fraction of sp³-hybridized carbons (Fsp3) is 0.300. The van der Waals surface area contributed by atoms with Gasteiger partial charge in [0.1, 0.15) is 5.01 Å². The molecule has 0 atom stereocenters. The molecule has 2 aromatic carbocycles. The number of nitrogens with one attached hydrogen (secondary N) is 1. The lowest BCUT2D eigenvalue weighted by Gasteiger charge is -2.20. The molecule has 0 bridgehead atoms. The number of carbonyl (C=O) groups excluding carboxylic acids is 1. The van der Waals surface area contributed by atoms with Gasteiger partial charge in [-0.15, -0.1) is 11.3 Å². The van der Waals surface area contributed by atoms with E-state index in [4.69, 9.17) is 0 Å². The highest BCUT2D eigenvalue weighted by Crippen LogP contribution is 2.31. The molecule has 1 aliphatic carbocycles. The van der Waals surface area contributed by atoms with Gasteiger partial charge < -0.3 is 5.32 Å². The number of amides is 1. The number of rotatable bonds is 3. The van der Waals surface area contributed by atoms with Crippen LogP contribution in [0.3, 0.4) is 0 Å². The van der Waals surface area contributed by atoms with Gasteiger partial charge in [-0.3, -0.25) is 4.79 Å². The normalized spacial score (nSPS) is 15.5. The zero-order valence-corrected chi connectivity index (χ0v) is 14.3. The van der Waals surface area contributed by atoms with Crippen LogP contribution < -0.4 is 5.32 Å². The lowest BCUT2D eigenvalue weighted by Crippen LogP contribution is -2.24. The number of nitrogens with zero attached hydrogens (tertiary/aromatic N) is 1. The molecule has 0 saturated heterocycles. The zero-order valence-electron chi connectivity index (χ0n) is 13.5. The van der Waals surface area contributed by atoms with E-state index < -0.39 is 0 Å². The number of hydrogen-bond donors (Lipinski definition) is 1. The summed E-state index contributed by atoms with van der Waals surface area (Å²) in [5.74, 6) is 0.352. The van der Waals surface area contributed by atoms with Crippen LogP contribution in [0.15, 0.2) is 48.5 Å². The maximum Gasteiger partial charge on any atom is 0.227 e. The number of para-hydroxylation sites is 1. The molecule has 1 heterocycles. The molecule has 1 aromatic heterocycles. The SMILES string of the molecule is O=C(Nc1ccc(-c2nc3ccccc3s2)cc1)C1CCCCC1. The fourth-order valence-electron chi connectivity index (χ4n) is 3.30. The minimum atomic E-state index is 0.169. The minimum absolute atomic E-state index is 0.169. The Labute approximate surface area is 145 Å². The van der Waals surface area contributed by atoms with Gasteiger partial charge in [-0.2, -0.15) is 0 Å². The monoisotopic (exact) mass is 336 g/mol. The van der Waals surface area contributed by atoms with E-state index in [-0.39, 0.29) is 11.8 Å². The van der Waals surface area contributed by atoms with E-state index in [1.54, 1.807) is 11.3 Å². The number of anilines is 1. The van der Waals surface area contributed by atoms with Crippen molar-refractivity contribution in [2.45, 2.75) is 32.1 Å². The van der Waals surface area contributed by atoms with E-state index in [9.17, 15) is 4.79 Å². The molecule has 1 aliphatic rings. The van der Waals surface area contributed by atoms with Gasteiger partial charge in [0.05, 0.1) is 10.2 Å². The van der Waals surface area contributed by atoms with Crippen LogP contribution in [0.2, 0.25) is 0 Å². The Kier molecular flexibility index (Phi) is 4.30. The first kappa shape index (κ1) is 15.3. The molecule has 0 spiro atoms. The minimum Gasteiger partial charge on any atom is -0.326 e. The lowest BCUT2D eigenvalue weighted by atomic mass is 9.88. The van der Waals surface area contributed by atoms with E-state index in [0.29, 0.717) is 0 Å². The van der Waals surface area contributed by atoms with Gasteiger partial charge in [0, 0.05) is 17.2 Å². The summed E-state index contributed by atoms with van der Waals surface area (Å²) in [6, 6.07) is 16.2. The van der Waals surface area contributed by atoms with Crippen LogP contribution in [0, 0.1) is 5.92 Å². The van der Waals surface area contributed by atoms with Crippen LogP contribution in [0.25, 0.3) is 20.8 Å². The number of benzene rings is 2. The Bertz CT molecular complexity index is 814. The molecule has 4 heteroatoms. The Balaban J connectivity index is 1.48. The first-order valence-corrected chi connectivity index (χ1v) is 9.38. The molecule has 3 nitrogen and oxygen atoms in total. The predicted molar refractivity (Wildman–Crippen MR) is 100 cm³/mol. The van der Waals surface area contributed by atoms with Crippen molar-refractivity contribution in [3.63, 3.8) is 0 Å². The van der Waals surface area contributed by atoms with Crippen molar-refractivity contribution in [3.05, 3.63) is 48.5 Å². The molecular weight excluding hydrogens is 316 g/mol. The lowest BCUT2D eigenvalue weighted by molar-refractivity contribution is -0.120. The molecule has 122 valence electrons. The second kappa shape index (κ2) is 6.73. The third kappa shape index (κ3) is 3.20. The molecule has 3 aromatic rings. The maximum absolute atomic E-state index is 12.3. The first-order chi connectivity index (χ1) is 11.8. The van der Waals surface area contributed by atoms with Crippen molar-refractivity contribution < 1.29 is 4.79 Å². The molecule has 0 radical (unpaired) electrons. The average molecular weight is 336 g/mol. The maximum atomic E-state index is 12.3. The van der Waals surface area contributed by atoms with Crippen molar-refractivity contribution in [1.82, 2.24) is 4.98 Å². The summed E-state index contributed by atoms with van der Waals surface area (Å²) in [6.07, 6.45) is 5.66. The summed E-state index contributed by atoms with van der Waals surface area (Å²) in [5.41, 5.74) is 2.99. The molecule has 0 unspecified atom stereocenters. The van der Waals surface area contributed by atoms with Crippen LogP contribution in [0.4, 0.5) is 5.69 Å². The highest BCUT2D eigenvalue weighted by Gasteiger charge is 2.21. The summed E-state index contributed by atoms with van der Waals surface area (Å²) >= 11 is 1.69. The fourth-order valence-corrected chi connectivity index (χ4v) is 4.27. The van der Waals surface area contributed by atoms with E-state index >= 15 is 0 Å². The van der Waals surface area contributed by atoms with Gasteiger partial charge in [0.25, 0.3) is 0 Å². The molecule has 1 saturated carbocycles. The van der Waals surface area contributed by atoms with Gasteiger partial charge in [-0.1, -0.05) is 31.4 Å². The van der Waals surface area contributed by atoms with Crippen LogP contribution in [-0.4, -0.2) is 10.9 Å². The highest BCUT2D eigenvalue weighted by molar-refractivity contribution is 7.21.